The van der Waals surface area contributed by atoms with Gasteiger partial charge in [0.1, 0.15) is 24.9 Å². The minimum absolute atomic E-state index is 0.212. The van der Waals surface area contributed by atoms with E-state index in [0.717, 1.165) is 0 Å². The van der Waals surface area contributed by atoms with E-state index in [9.17, 15) is 19.8 Å². The number of fused-ring (bicyclic) bond motifs is 4. The molecule has 0 spiro atoms. The molecule has 29 heavy (non-hydrogen) atoms. The van der Waals surface area contributed by atoms with E-state index >= 15 is 0 Å². The molecule has 8 nitrogen and oxygen atoms in total. The number of benzene rings is 2. The number of rotatable bonds is 1. The zero-order chi connectivity index (χ0) is 20.5. The van der Waals surface area contributed by atoms with Crippen molar-refractivity contribution in [1.29, 1.82) is 0 Å². The number of carbonyl (C=O) groups is 2. The van der Waals surface area contributed by atoms with Gasteiger partial charge in [-0.25, -0.2) is 9.59 Å². The van der Waals surface area contributed by atoms with Crippen LogP contribution in [0.5, 0.6) is 0 Å². The summed E-state index contributed by atoms with van der Waals surface area (Å²) in [6.07, 6.45) is -6.37. The third-order valence-electron chi connectivity index (χ3n) is 5.08. The van der Waals surface area contributed by atoms with E-state index in [4.69, 9.17) is 18.9 Å². The standard InChI is InChI=1S/C21H20O8/c1-26-21-17(23)16(22)18-15(28-21)10-27-19(24)13-8-4-2-6-11(13)12-7-3-5-9-14(12)20(25)29-18/h2-9,15-18,21-23H,10H2,1H3/t15-,16-,17-,18-,21-/m1/s1. The number of esters is 2. The van der Waals surface area contributed by atoms with Gasteiger partial charge >= 0.3 is 11.9 Å². The van der Waals surface area contributed by atoms with E-state index in [1.807, 2.05) is 0 Å². The van der Waals surface area contributed by atoms with Crippen molar-refractivity contribution in [1.82, 2.24) is 0 Å². The topological polar surface area (TPSA) is 112 Å². The smallest absolute Gasteiger partial charge is 0.339 e. The highest BCUT2D eigenvalue weighted by Gasteiger charge is 2.48. The van der Waals surface area contributed by atoms with Crippen molar-refractivity contribution >= 4 is 11.9 Å². The molecule has 0 bridgehead atoms. The second kappa shape index (κ2) is 7.92. The Hall–Kier alpha value is -2.78. The van der Waals surface area contributed by atoms with Crippen LogP contribution in [0.25, 0.3) is 11.1 Å². The van der Waals surface area contributed by atoms with E-state index in [-0.39, 0.29) is 17.7 Å². The Morgan fingerprint density at radius 1 is 0.862 bits per heavy atom. The van der Waals surface area contributed by atoms with Crippen LogP contribution in [0.4, 0.5) is 0 Å². The van der Waals surface area contributed by atoms with Gasteiger partial charge in [-0.3, -0.25) is 0 Å². The minimum atomic E-state index is -1.49. The summed E-state index contributed by atoms with van der Waals surface area (Å²) in [5, 5.41) is 20.7. The predicted molar refractivity (Wildman–Crippen MR) is 99.0 cm³/mol. The van der Waals surface area contributed by atoms with Gasteiger partial charge in [0.2, 0.25) is 0 Å². The number of aliphatic hydroxyl groups is 2. The molecule has 5 atom stereocenters. The van der Waals surface area contributed by atoms with Crippen LogP contribution in [0, 0.1) is 0 Å². The van der Waals surface area contributed by atoms with Crippen LogP contribution in [-0.4, -0.2) is 66.6 Å². The van der Waals surface area contributed by atoms with Crippen molar-refractivity contribution < 1.29 is 38.7 Å². The number of methoxy groups -OCH3 is 1. The van der Waals surface area contributed by atoms with Gasteiger partial charge in [-0.1, -0.05) is 36.4 Å². The van der Waals surface area contributed by atoms with E-state index in [1.165, 1.54) is 7.11 Å². The number of cyclic esters (lactones) is 1. The van der Waals surface area contributed by atoms with Gasteiger partial charge in [0, 0.05) is 7.11 Å². The number of carbonyl (C=O) groups excluding carboxylic acids is 2. The number of hydrogen-bond acceptors (Lipinski definition) is 8. The maximum Gasteiger partial charge on any atom is 0.339 e. The SMILES string of the molecule is CO[C@@H]1O[C@@H]2COC(=O)c3ccccc3-c3ccccc3C(=O)O[C@H]2[C@H](O)[C@H]1O. The van der Waals surface area contributed by atoms with Crippen LogP contribution in [0.2, 0.25) is 0 Å². The van der Waals surface area contributed by atoms with Crippen LogP contribution in [0.3, 0.4) is 0 Å². The normalized spacial score (nSPS) is 29.4. The van der Waals surface area contributed by atoms with E-state index < -0.39 is 42.6 Å². The van der Waals surface area contributed by atoms with Crippen LogP contribution in [0.15, 0.2) is 48.5 Å². The van der Waals surface area contributed by atoms with Gasteiger partial charge < -0.3 is 29.2 Å². The van der Waals surface area contributed by atoms with E-state index in [0.29, 0.717) is 11.1 Å². The third-order valence-corrected chi connectivity index (χ3v) is 5.08. The second-order valence-electron chi connectivity index (χ2n) is 6.82. The molecule has 0 radical (unpaired) electrons. The average molecular weight is 400 g/mol. The molecule has 2 heterocycles. The molecule has 0 amide bonds. The highest BCUT2D eigenvalue weighted by molar-refractivity contribution is 6.03. The van der Waals surface area contributed by atoms with Gasteiger partial charge in [0.05, 0.1) is 11.1 Å². The fourth-order valence-electron chi connectivity index (χ4n) is 3.59. The Morgan fingerprint density at radius 2 is 1.41 bits per heavy atom. The molecule has 8 heteroatoms. The van der Waals surface area contributed by atoms with Crippen LogP contribution < -0.4 is 0 Å². The molecule has 152 valence electrons. The highest BCUT2D eigenvalue weighted by atomic mass is 16.7. The fraction of sp³-hybridized carbons (Fsp3) is 0.333. The molecule has 2 N–H and O–H groups in total. The maximum atomic E-state index is 13.0. The Morgan fingerprint density at radius 3 is 2.00 bits per heavy atom. The monoisotopic (exact) mass is 400 g/mol. The molecule has 1 saturated heterocycles. The molecule has 1 fully saturated rings. The summed E-state index contributed by atoms with van der Waals surface area (Å²) < 4.78 is 21.5. The quantitative estimate of drug-likeness (QED) is 0.686. The lowest BCUT2D eigenvalue weighted by atomic mass is 9.95. The molecule has 2 aliphatic heterocycles. The lowest BCUT2D eigenvalue weighted by Crippen LogP contribution is -2.60. The molecule has 0 saturated carbocycles. The van der Waals surface area contributed by atoms with Gasteiger partial charge in [-0.05, 0) is 23.3 Å². The molecule has 2 aromatic rings. The lowest BCUT2D eigenvalue weighted by Gasteiger charge is -2.41. The summed E-state index contributed by atoms with van der Waals surface area (Å²) in [5.74, 6) is -1.33. The predicted octanol–water partition coefficient (Wildman–Crippen LogP) is 1.14. The highest BCUT2D eigenvalue weighted by Crippen LogP contribution is 2.31. The Bertz CT molecular complexity index is 926. The molecule has 0 unspecified atom stereocenters. The summed E-state index contributed by atoms with van der Waals surface area (Å²) in [6, 6.07) is 13.4. The van der Waals surface area contributed by atoms with Crippen LogP contribution >= 0.6 is 0 Å². The zero-order valence-corrected chi connectivity index (χ0v) is 15.6. The van der Waals surface area contributed by atoms with Crippen LogP contribution in [0.1, 0.15) is 20.7 Å². The van der Waals surface area contributed by atoms with Gasteiger partial charge in [-0.15, -0.1) is 0 Å². The first-order valence-corrected chi connectivity index (χ1v) is 9.12. The first kappa shape index (κ1) is 19.5. The molecule has 4 rings (SSSR count). The Balaban J connectivity index is 1.81. The Labute approximate surface area is 166 Å². The molecule has 2 aromatic carbocycles. The number of aliphatic hydroxyl groups excluding tert-OH is 2. The summed E-state index contributed by atoms with van der Waals surface area (Å²) >= 11 is 0. The molecule has 0 aliphatic carbocycles. The van der Waals surface area contributed by atoms with Gasteiger partial charge in [-0.2, -0.15) is 0 Å². The first-order valence-electron chi connectivity index (χ1n) is 9.12. The van der Waals surface area contributed by atoms with Crippen molar-refractivity contribution in [3.63, 3.8) is 0 Å². The van der Waals surface area contributed by atoms with Gasteiger partial charge in [0.15, 0.2) is 12.4 Å². The maximum absolute atomic E-state index is 13.0. The zero-order valence-electron chi connectivity index (χ0n) is 15.6. The summed E-state index contributed by atoms with van der Waals surface area (Å²) in [4.78, 5) is 25.7. The third kappa shape index (κ3) is 3.51. The van der Waals surface area contributed by atoms with Crippen LogP contribution in [-0.2, 0) is 18.9 Å². The molecular weight excluding hydrogens is 380 g/mol. The minimum Gasteiger partial charge on any atom is -0.459 e. The van der Waals surface area contributed by atoms with Gasteiger partial charge in [0.25, 0.3) is 0 Å². The van der Waals surface area contributed by atoms with E-state index in [2.05, 4.69) is 0 Å². The first-order chi connectivity index (χ1) is 14.0. The van der Waals surface area contributed by atoms with Crippen molar-refractivity contribution in [3.05, 3.63) is 59.7 Å². The largest absolute Gasteiger partial charge is 0.459 e. The van der Waals surface area contributed by atoms with Crippen molar-refractivity contribution in [2.24, 2.45) is 0 Å². The fourth-order valence-corrected chi connectivity index (χ4v) is 3.59. The van der Waals surface area contributed by atoms with Crippen molar-refractivity contribution in [3.8, 4) is 11.1 Å². The van der Waals surface area contributed by atoms with Crippen molar-refractivity contribution in [2.45, 2.75) is 30.7 Å². The van der Waals surface area contributed by atoms with Crippen molar-refractivity contribution in [2.75, 3.05) is 13.7 Å². The summed E-state index contributed by atoms with van der Waals surface area (Å²) in [7, 11) is 1.30. The molecule has 2 aliphatic rings. The average Bonchev–Trinajstić information content (AvgIpc) is 2.77. The number of hydrogen-bond donors (Lipinski definition) is 2. The second-order valence-corrected chi connectivity index (χ2v) is 6.82. The van der Waals surface area contributed by atoms with E-state index in [1.54, 1.807) is 48.5 Å². The summed E-state index contributed by atoms with van der Waals surface area (Å²) in [5.41, 5.74) is 1.51. The Kier molecular flexibility index (Phi) is 5.33. The summed E-state index contributed by atoms with van der Waals surface area (Å²) in [6.45, 7) is -0.300. The molecular formula is C21H20O8. The lowest BCUT2D eigenvalue weighted by molar-refractivity contribution is -0.293. The number of ether oxygens (including phenoxy) is 4. The molecule has 0 aromatic heterocycles.